The molecule has 0 amide bonds. The van der Waals surface area contributed by atoms with Crippen molar-refractivity contribution in [3.8, 4) is 11.7 Å². The van der Waals surface area contributed by atoms with Crippen molar-refractivity contribution in [2.24, 2.45) is 0 Å². The molecular weight excluding hydrogens is 182 g/mol. The summed E-state index contributed by atoms with van der Waals surface area (Å²) in [4.78, 5) is 8.09. The summed E-state index contributed by atoms with van der Waals surface area (Å²) in [5.74, 6) is 1.01. The lowest BCUT2D eigenvalue weighted by molar-refractivity contribution is 0.394. The van der Waals surface area contributed by atoms with Crippen LogP contribution in [0.2, 0.25) is 0 Å². The lowest BCUT2D eigenvalue weighted by Crippen LogP contribution is -2.00. The highest BCUT2D eigenvalue weighted by Gasteiger charge is 2.01. The topological polar surface area (TPSA) is 78.9 Å². The van der Waals surface area contributed by atoms with E-state index in [-0.39, 0.29) is 0 Å². The highest BCUT2D eigenvalue weighted by atomic mass is 16.5. The summed E-state index contributed by atoms with van der Waals surface area (Å²) in [6.07, 6.45) is 6.30. The molecule has 2 aromatic rings. The van der Waals surface area contributed by atoms with Gasteiger partial charge < -0.3 is 10.5 Å². The predicted molar refractivity (Wildman–Crippen MR) is 50.1 cm³/mol. The van der Waals surface area contributed by atoms with E-state index in [1.54, 1.807) is 18.6 Å². The van der Waals surface area contributed by atoms with Crippen LogP contribution in [0.5, 0.6) is 5.88 Å². The third-order valence-electron chi connectivity index (χ3n) is 1.65. The number of aromatic nitrogens is 4. The van der Waals surface area contributed by atoms with E-state index < -0.39 is 0 Å². The molecule has 0 atom stereocenters. The smallest absolute Gasteiger partial charge is 0.234 e. The Morgan fingerprint density at radius 1 is 1.36 bits per heavy atom. The molecule has 0 unspecified atom stereocenters. The molecule has 0 aliphatic carbocycles. The van der Waals surface area contributed by atoms with Crippen LogP contribution in [0.1, 0.15) is 0 Å². The maximum absolute atomic E-state index is 5.52. The third kappa shape index (κ3) is 1.49. The first-order valence-corrected chi connectivity index (χ1v) is 3.96. The molecule has 0 saturated heterocycles. The van der Waals surface area contributed by atoms with Crippen LogP contribution in [0.25, 0.3) is 5.82 Å². The quantitative estimate of drug-likeness (QED) is 0.736. The number of nitrogens with two attached hydrogens (primary N) is 1. The van der Waals surface area contributed by atoms with Crippen molar-refractivity contribution < 1.29 is 4.74 Å². The first kappa shape index (κ1) is 8.49. The number of hydrogen-bond acceptors (Lipinski definition) is 5. The minimum atomic E-state index is 0.441. The minimum Gasteiger partial charge on any atom is -0.480 e. The van der Waals surface area contributed by atoms with Crippen LogP contribution in [-0.4, -0.2) is 26.9 Å². The molecule has 0 bridgehead atoms. The molecule has 72 valence electrons. The molecule has 0 aliphatic rings. The predicted octanol–water partition coefficient (Wildman–Crippen LogP) is 0.253. The molecule has 0 fully saturated rings. The Labute approximate surface area is 80.4 Å². The van der Waals surface area contributed by atoms with E-state index in [0.29, 0.717) is 17.4 Å². The molecule has 2 heterocycles. The van der Waals surface area contributed by atoms with Crippen molar-refractivity contribution in [2.75, 3.05) is 12.8 Å². The van der Waals surface area contributed by atoms with Gasteiger partial charge in [0.2, 0.25) is 5.88 Å². The fraction of sp³-hybridized carbons (Fsp3) is 0.125. The van der Waals surface area contributed by atoms with E-state index >= 15 is 0 Å². The zero-order valence-electron chi connectivity index (χ0n) is 7.58. The fourth-order valence-corrected chi connectivity index (χ4v) is 1.01. The van der Waals surface area contributed by atoms with Gasteiger partial charge in [-0.2, -0.15) is 10.1 Å². The second-order valence-electron chi connectivity index (χ2n) is 2.64. The van der Waals surface area contributed by atoms with Crippen LogP contribution >= 0.6 is 0 Å². The van der Waals surface area contributed by atoms with Gasteiger partial charge in [-0.05, 0) is 0 Å². The van der Waals surface area contributed by atoms with Gasteiger partial charge in [-0.25, -0.2) is 4.68 Å². The van der Waals surface area contributed by atoms with Crippen LogP contribution in [-0.2, 0) is 0 Å². The zero-order chi connectivity index (χ0) is 9.97. The van der Waals surface area contributed by atoms with Crippen LogP contribution in [0.3, 0.4) is 0 Å². The van der Waals surface area contributed by atoms with Gasteiger partial charge in [0, 0.05) is 0 Å². The Hall–Kier alpha value is -2.11. The highest BCUT2D eigenvalue weighted by Crippen LogP contribution is 2.09. The molecular formula is C8H9N5O. The monoisotopic (exact) mass is 191 g/mol. The molecule has 6 heteroatoms. The van der Waals surface area contributed by atoms with Crippen molar-refractivity contribution in [2.45, 2.75) is 0 Å². The average Bonchev–Trinajstić information content (AvgIpc) is 2.65. The summed E-state index contributed by atoms with van der Waals surface area (Å²) in [5, 5.41) is 4.00. The first-order valence-electron chi connectivity index (χ1n) is 3.96. The maximum atomic E-state index is 5.52. The Morgan fingerprint density at radius 3 is 2.86 bits per heavy atom. The van der Waals surface area contributed by atoms with Crippen LogP contribution in [0.15, 0.2) is 24.8 Å². The molecule has 0 saturated carbocycles. The second kappa shape index (κ2) is 3.33. The molecule has 0 spiro atoms. The van der Waals surface area contributed by atoms with Crippen molar-refractivity contribution in [3.05, 3.63) is 24.8 Å². The SMILES string of the molecule is COc1cncc(-n2cc(N)cn2)n1. The highest BCUT2D eigenvalue weighted by molar-refractivity contribution is 5.34. The van der Waals surface area contributed by atoms with Crippen LogP contribution in [0.4, 0.5) is 5.69 Å². The van der Waals surface area contributed by atoms with E-state index in [1.807, 2.05) is 0 Å². The van der Waals surface area contributed by atoms with Gasteiger partial charge in [0.15, 0.2) is 5.82 Å². The summed E-state index contributed by atoms with van der Waals surface area (Å²) >= 11 is 0. The molecule has 2 N–H and O–H groups in total. The molecule has 0 radical (unpaired) electrons. The van der Waals surface area contributed by atoms with Crippen molar-refractivity contribution in [1.29, 1.82) is 0 Å². The van der Waals surface area contributed by atoms with Gasteiger partial charge in [-0.3, -0.25) is 4.98 Å². The van der Waals surface area contributed by atoms with Crippen molar-refractivity contribution >= 4 is 5.69 Å². The minimum absolute atomic E-state index is 0.441. The first-order chi connectivity index (χ1) is 6.79. The third-order valence-corrected chi connectivity index (χ3v) is 1.65. The molecule has 0 aromatic carbocycles. The number of nitrogens with zero attached hydrogens (tertiary/aromatic N) is 4. The lowest BCUT2D eigenvalue weighted by atomic mass is 10.6. The molecule has 6 nitrogen and oxygen atoms in total. The fourth-order valence-electron chi connectivity index (χ4n) is 1.01. The Morgan fingerprint density at radius 2 is 2.21 bits per heavy atom. The largest absolute Gasteiger partial charge is 0.480 e. The molecule has 2 aromatic heterocycles. The van der Waals surface area contributed by atoms with Crippen molar-refractivity contribution in [1.82, 2.24) is 19.7 Å². The van der Waals surface area contributed by atoms with E-state index in [9.17, 15) is 0 Å². The van der Waals surface area contributed by atoms with Gasteiger partial charge in [0.05, 0.1) is 37.6 Å². The Kier molecular flexibility index (Phi) is 2.02. The summed E-state index contributed by atoms with van der Waals surface area (Å²) in [7, 11) is 1.53. The van der Waals surface area contributed by atoms with E-state index in [4.69, 9.17) is 10.5 Å². The van der Waals surface area contributed by atoms with Crippen LogP contribution in [0, 0.1) is 0 Å². The summed E-state index contributed by atoms with van der Waals surface area (Å²) in [6.45, 7) is 0. The number of ether oxygens (including phenoxy) is 1. The summed E-state index contributed by atoms with van der Waals surface area (Å²) < 4.78 is 6.47. The van der Waals surface area contributed by atoms with Gasteiger partial charge in [-0.1, -0.05) is 0 Å². The van der Waals surface area contributed by atoms with Gasteiger partial charge >= 0.3 is 0 Å². The van der Waals surface area contributed by atoms with Gasteiger partial charge in [0.1, 0.15) is 0 Å². The Bertz CT molecular complexity index is 439. The van der Waals surface area contributed by atoms with E-state index in [0.717, 1.165) is 0 Å². The lowest BCUT2D eigenvalue weighted by Gasteiger charge is -2.01. The van der Waals surface area contributed by atoms with Gasteiger partial charge in [-0.15, -0.1) is 0 Å². The zero-order valence-corrected chi connectivity index (χ0v) is 7.58. The maximum Gasteiger partial charge on any atom is 0.234 e. The summed E-state index contributed by atoms with van der Waals surface area (Å²) in [6, 6.07) is 0. The molecule has 0 aliphatic heterocycles. The van der Waals surface area contributed by atoms with Crippen LogP contribution < -0.4 is 10.5 Å². The van der Waals surface area contributed by atoms with Crippen molar-refractivity contribution in [3.63, 3.8) is 0 Å². The number of methoxy groups -OCH3 is 1. The number of hydrogen-bond donors (Lipinski definition) is 1. The van der Waals surface area contributed by atoms with E-state index in [2.05, 4.69) is 15.1 Å². The molecule has 2 rings (SSSR count). The summed E-state index contributed by atoms with van der Waals surface area (Å²) in [5.41, 5.74) is 6.10. The number of nitrogen functional groups attached to an aromatic ring is 1. The average molecular weight is 191 g/mol. The number of rotatable bonds is 2. The Balaban J connectivity index is 2.41. The standard InChI is InChI=1S/C8H9N5O/c1-14-8-4-10-3-7(12-8)13-5-6(9)2-11-13/h2-5H,9H2,1H3. The second-order valence-corrected chi connectivity index (χ2v) is 2.64. The van der Waals surface area contributed by atoms with Gasteiger partial charge in [0.25, 0.3) is 0 Å². The number of anilines is 1. The van der Waals surface area contributed by atoms with E-state index in [1.165, 1.54) is 18.0 Å². The molecule has 14 heavy (non-hydrogen) atoms. The normalized spacial score (nSPS) is 10.1.